The van der Waals surface area contributed by atoms with E-state index in [2.05, 4.69) is 0 Å². The molecule has 4 nitrogen and oxygen atoms in total. The summed E-state index contributed by atoms with van der Waals surface area (Å²) in [7, 11) is 1.61. The quantitative estimate of drug-likeness (QED) is 0.874. The highest BCUT2D eigenvalue weighted by Gasteiger charge is 2.02. The predicted octanol–water partition coefficient (Wildman–Crippen LogP) is 3.50. The summed E-state index contributed by atoms with van der Waals surface area (Å²) in [5.74, 6) is 1.35. The van der Waals surface area contributed by atoms with Crippen LogP contribution < -0.4 is 9.47 Å². The first-order valence-corrected chi connectivity index (χ1v) is 6.30. The average Bonchev–Trinajstić information content (AvgIpc) is 2.47. The van der Waals surface area contributed by atoms with Gasteiger partial charge in [-0.1, -0.05) is 18.2 Å². The minimum absolute atomic E-state index is 0.135. The summed E-state index contributed by atoms with van der Waals surface area (Å²) in [5, 5.41) is 8.64. The maximum absolute atomic E-state index is 10.5. The van der Waals surface area contributed by atoms with Crippen molar-refractivity contribution >= 4 is 5.97 Å². The average molecular weight is 272 g/mol. The first-order valence-electron chi connectivity index (χ1n) is 6.30. The molecular weight excluding hydrogens is 256 g/mol. The van der Waals surface area contributed by atoms with Gasteiger partial charge in [-0.05, 0) is 36.2 Å². The molecule has 0 fully saturated rings. The van der Waals surface area contributed by atoms with Gasteiger partial charge in [-0.3, -0.25) is 4.79 Å². The number of aliphatic carboxylic acids is 1. The number of rotatable bonds is 6. The van der Waals surface area contributed by atoms with Gasteiger partial charge in [-0.25, -0.2) is 0 Å². The normalized spacial score (nSPS) is 10.1. The molecule has 0 aromatic heterocycles. The Balaban J connectivity index is 2.01. The lowest BCUT2D eigenvalue weighted by molar-refractivity contribution is -0.136. The number of carbonyl (C=O) groups is 1. The number of carboxylic acids is 1. The van der Waals surface area contributed by atoms with Crippen LogP contribution in [0.2, 0.25) is 0 Å². The van der Waals surface area contributed by atoms with Gasteiger partial charge in [0.05, 0.1) is 7.11 Å². The van der Waals surface area contributed by atoms with Crippen LogP contribution in [0.4, 0.5) is 0 Å². The number of ether oxygens (including phenoxy) is 2. The van der Waals surface area contributed by atoms with Crippen LogP contribution in [-0.4, -0.2) is 18.2 Å². The zero-order valence-electron chi connectivity index (χ0n) is 11.2. The fourth-order valence-electron chi connectivity index (χ4n) is 1.78. The fourth-order valence-corrected chi connectivity index (χ4v) is 1.78. The van der Waals surface area contributed by atoms with Crippen molar-refractivity contribution in [1.29, 1.82) is 0 Å². The summed E-state index contributed by atoms with van der Waals surface area (Å²) in [6.45, 7) is 0. The van der Waals surface area contributed by atoms with Crippen LogP contribution in [0.5, 0.6) is 17.2 Å². The van der Waals surface area contributed by atoms with Crippen molar-refractivity contribution < 1.29 is 19.4 Å². The number of methoxy groups -OCH3 is 1. The van der Waals surface area contributed by atoms with E-state index in [-0.39, 0.29) is 6.42 Å². The Morgan fingerprint density at radius 1 is 1.05 bits per heavy atom. The van der Waals surface area contributed by atoms with Crippen molar-refractivity contribution in [2.75, 3.05) is 7.11 Å². The molecule has 2 aromatic rings. The minimum atomic E-state index is -0.790. The Morgan fingerprint density at radius 2 is 1.75 bits per heavy atom. The van der Waals surface area contributed by atoms with Crippen LogP contribution in [0.25, 0.3) is 0 Å². The smallest absolute Gasteiger partial charge is 0.303 e. The van der Waals surface area contributed by atoms with Crippen molar-refractivity contribution in [3.63, 3.8) is 0 Å². The minimum Gasteiger partial charge on any atom is -0.497 e. The molecule has 1 N–H and O–H groups in total. The molecule has 0 saturated heterocycles. The van der Waals surface area contributed by atoms with E-state index in [0.717, 1.165) is 11.3 Å². The van der Waals surface area contributed by atoms with Gasteiger partial charge in [-0.2, -0.15) is 0 Å². The van der Waals surface area contributed by atoms with E-state index in [4.69, 9.17) is 14.6 Å². The van der Waals surface area contributed by atoms with Gasteiger partial charge in [0, 0.05) is 12.5 Å². The number of benzene rings is 2. The Labute approximate surface area is 117 Å². The van der Waals surface area contributed by atoms with E-state index in [1.165, 1.54) is 0 Å². The maximum Gasteiger partial charge on any atom is 0.303 e. The third-order valence-electron chi connectivity index (χ3n) is 2.83. The first-order chi connectivity index (χ1) is 9.67. The van der Waals surface area contributed by atoms with Crippen molar-refractivity contribution in [3.8, 4) is 17.2 Å². The second-order valence-corrected chi connectivity index (χ2v) is 4.32. The summed E-state index contributed by atoms with van der Waals surface area (Å²) < 4.78 is 10.8. The van der Waals surface area contributed by atoms with Gasteiger partial charge in [0.25, 0.3) is 0 Å². The molecule has 0 radical (unpaired) electrons. The molecule has 20 heavy (non-hydrogen) atoms. The van der Waals surface area contributed by atoms with E-state index in [9.17, 15) is 4.79 Å². The van der Waals surface area contributed by atoms with Crippen molar-refractivity contribution in [2.45, 2.75) is 12.8 Å². The van der Waals surface area contributed by atoms with Crippen molar-refractivity contribution in [2.24, 2.45) is 0 Å². The van der Waals surface area contributed by atoms with Crippen molar-refractivity contribution in [3.05, 3.63) is 54.1 Å². The highest BCUT2D eigenvalue weighted by Crippen LogP contribution is 2.25. The molecule has 0 amide bonds. The van der Waals surface area contributed by atoms with E-state index >= 15 is 0 Å². The molecule has 2 rings (SSSR count). The summed E-state index contributed by atoms with van der Waals surface area (Å²) in [5.41, 5.74) is 0.977. The van der Waals surface area contributed by atoms with Gasteiger partial charge >= 0.3 is 5.97 Å². The van der Waals surface area contributed by atoms with Crippen LogP contribution >= 0.6 is 0 Å². The van der Waals surface area contributed by atoms with Gasteiger partial charge in [0.2, 0.25) is 0 Å². The second kappa shape index (κ2) is 6.61. The lowest BCUT2D eigenvalue weighted by Crippen LogP contribution is -1.97. The van der Waals surface area contributed by atoms with E-state index in [1.54, 1.807) is 13.2 Å². The summed E-state index contributed by atoms with van der Waals surface area (Å²) in [4.78, 5) is 10.5. The van der Waals surface area contributed by atoms with Crippen LogP contribution in [0, 0.1) is 0 Å². The summed E-state index contributed by atoms with van der Waals surface area (Å²) in [6.07, 6.45) is 0.658. The first kappa shape index (κ1) is 13.9. The van der Waals surface area contributed by atoms with Gasteiger partial charge < -0.3 is 14.6 Å². The lowest BCUT2D eigenvalue weighted by Gasteiger charge is -2.08. The lowest BCUT2D eigenvalue weighted by atomic mass is 10.1. The summed E-state index contributed by atoms with van der Waals surface area (Å²) in [6, 6.07) is 14.8. The van der Waals surface area contributed by atoms with Crippen LogP contribution in [0.15, 0.2) is 48.5 Å². The number of hydrogen-bond acceptors (Lipinski definition) is 3. The van der Waals surface area contributed by atoms with Gasteiger partial charge in [-0.15, -0.1) is 0 Å². The highest BCUT2D eigenvalue weighted by molar-refractivity contribution is 5.67. The van der Waals surface area contributed by atoms with E-state index in [1.807, 2.05) is 42.5 Å². The SMILES string of the molecule is COc1cccc(Oc2ccc(CCC(=O)O)cc2)c1. The second-order valence-electron chi connectivity index (χ2n) is 4.32. The Bertz CT molecular complexity index is 575. The molecule has 0 aliphatic rings. The Kier molecular flexibility index (Phi) is 4.60. The van der Waals surface area contributed by atoms with Crippen LogP contribution in [0.1, 0.15) is 12.0 Å². The standard InChI is InChI=1S/C16H16O4/c1-19-14-3-2-4-15(11-14)20-13-8-5-12(6-9-13)7-10-16(17)18/h2-6,8-9,11H,7,10H2,1H3,(H,17,18). The molecular formula is C16H16O4. The number of hydrogen-bond donors (Lipinski definition) is 1. The highest BCUT2D eigenvalue weighted by atomic mass is 16.5. The van der Waals surface area contributed by atoms with Crippen LogP contribution in [0.3, 0.4) is 0 Å². The molecule has 104 valence electrons. The molecule has 0 atom stereocenters. The molecule has 0 aliphatic heterocycles. The predicted molar refractivity (Wildman–Crippen MR) is 75.5 cm³/mol. The third-order valence-corrected chi connectivity index (χ3v) is 2.83. The zero-order chi connectivity index (χ0) is 14.4. The van der Waals surface area contributed by atoms with Gasteiger partial charge in [0.1, 0.15) is 17.2 Å². The Hall–Kier alpha value is -2.49. The molecule has 0 aliphatic carbocycles. The molecule has 0 spiro atoms. The molecule has 0 heterocycles. The monoisotopic (exact) mass is 272 g/mol. The van der Waals surface area contributed by atoms with E-state index in [0.29, 0.717) is 17.9 Å². The zero-order valence-corrected chi connectivity index (χ0v) is 11.2. The molecule has 0 unspecified atom stereocenters. The van der Waals surface area contributed by atoms with E-state index < -0.39 is 5.97 Å². The molecule has 0 bridgehead atoms. The molecule has 0 saturated carbocycles. The maximum atomic E-state index is 10.5. The van der Waals surface area contributed by atoms with Crippen molar-refractivity contribution in [1.82, 2.24) is 0 Å². The topological polar surface area (TPSA) is 55.8 Å². The molecule has 4 heteroatoms. The third kappa shape index (κ3) is 4.02. The van der Waals surface area contributed by atoms with Crippen LogP contribution in [-0.2, 0) is 11.2 Å². The largest absolute Gasteiger partial charge is 0.497 e. The Morgan fingerprint density at radius 3 is 2.40 bits per heavy atom. The number of aryl methyl sites for hydroxylation is 1. The fraction of sp³-hybridized carbons (Fsp3) is 0.188. The molecule has 2 aromatic carbocycles. The summed E-state index contributed by atoms with van der Waals surface area (Å²) >= 11 is 0. The van der Waals surface area contributed by atoms with Gasteiger partial charge in [0.15, 0.2) is 0 Å². The number of carboxylic acid groups (broad SMARTS) is 1.